The minimum Gasteiger partial charge on any atom is -0.383 e. The molecule has 0 spiro atoms. The summed E-state index contributed by atoms with van der Waals surface area (Å²) in [6.07, 6.45) is 0.745. The molecule has 1 aromatic carbocycles. The Morgan fingerprint density at radius 1 is 1.10 bits per heavy atom. The summed E-state index contributed by atoms with van der Waals surface area (Å²) < 4.78 is 0. The number of hydrogen-bond donors (Lipinski definition) is 3. The first-order valence-corrected chi connectivity index (χ1v) is 6.67. The third-order valence-electron chi connectivity index (χ3n) is 2.50. The van der Waals surface area contributed by atoms with E-state index < -0.39 is 0 Å². The van der Waals surface area contributed by atoms with Crippen molar-refractivity contribution < 1.29 is 0 Å². The largest absolute Gasteiger partial charge is 0.383 e. The average Bonchev–Trinajstić information content (AvgIpc) is 2.40. The quantitative estimate of drug-likeness (QED) is 0.791. The topological polar surface area (TPSA) is 89.8 Å². The zero-order chi connectivity index (χ0) is 15.1. The van der Waals surface area contributed by atoms with Crippen molar-refractivity contribution in [1.82, 2.24) is 15.3 Å². The molecule has 2 aromatic rings. The molecule has 0 aliphatic rings. The molecule has 6 heteroatoms. The van der Waals surface area contributed by atoms with Gasteiger partial charge in [-0.25, -0.2) is 4.98 Å². The Balaban J connectivity index is 0.000000612. The molecule has 0 fully saturated rings. The summed E-state index contributed by atoms with van der Waals surface area (Å²) in [7, 11) is 3.75. The summed E-state index contributed by atoms with van der Waals surface area (Å²) in [6.45, 7) is 2.00. The van der Waals surface area contributed by atoms with Gasteiger partial charge in [-0.1, -0.05) is 30.7 Å². The number of aromatic nitrogens is 2. The number of nitrogens with zero attached hydrogens (tertiary/aromatic N) is 2. The van der Waals surface area contributed by atoms with E-state index in [1.54, 1.807) is 0 Å². The van der Waals surface area contributed by atoms with Crippen LogP contribution < -0.4 is 16.8 Å². The van der Waals surface area contributed by atoms with Crippen molar-refractivity contribution in [3.05, 3.63) is 35.0 Å². The molecule has 0 atom stereocenters. The van der Waals surface area contributed by atoms with Crippen molar-refractivity contribution >= 4 is 23.4 Å². The number of benzene rings is 1. The maximum Gasteiger partial charge on any atom is 0.222 e. The lowest BCUT2D eigenvalue weighted by atomic mass is 10.0. The van der Waals surface area contributed by atoms with Crippen LogP contribution in [0.25, 0.3) is 11.1 Å². The average molecular weight is 294 g/mol. The molecule has 20 heavy (non-hydrogen) atoms. The van der Waals surface area contributed by atoms with Gasteiger partial charge in [0.2, 0.25) is 5.95 Å². The number of rotatable bonds is 2. The van der Waals surface area contributed by atoms with Crippen molar-refractivity contribution in [3.8, 4) is 11.1 Å². The molecule has 108 valence electrons. The Labute approximate surface area is 124 Å². The summed E-state index contributed by atoms with van der Waals surface area (Å²) >= 11 is 5.86. The minimum atomic E-state index is 0.206. The van der Waals surface area contributed by atoms with E-state index in [2.05, 4.69) is 15.3 Å². The van der Waals surface area contributed by atoms with Gasteiger partial charge in [-0.2, -0.15) is 4.98 Å². The predicted octanol–water partition coefficient (Wildman–Crippen LogP) is 2.36. The van der Waals surface area contributed by atoms with E-state index in [4.69, 9.17) is 23.1 Å². The van der Waals surface area contributed by atoms with Gasteiger partial charge in [0.1, 0.15) is 5.82 Å². The molecule has 5 N–H and O–H groups in total. The van der Waals surface area contributed by atoms with Crippen LogP contribution in [0.3, 0.4) is 0 Å². The molecule has 1 heterocycles. The maximum atomic E-state index is 5.90. The minimum absolute atomic E-state index is 0.206. The number of nitrogen functional groups attached to an aromatic ring is 2. The molecule has 0 aliphatic heterocycles. The zero-order valence-corrected chi connectivity index (χ0v) is 12.7. The van der Waals surface area contributed by atoms with E-state index in [0.29, 0.717) is 10.8 Å². The third-order valence-corrected chi connectivity index (χ3v) is 2.75. The van der Waals surface area contributed by atoms with Crippen LogP contribution in [0.2, 0.25) is 5.02 Å². The van der Waals surface area contributed by atoms with Crippen LogP contribution in [-0.2, 0) is 6.42 Å². The Bertz CT molecular complexity index is 554. The lowest BCUT2D eigenvalue weighted by Gasteiger charge is -2.10. The number of nitrogens with one attached hydrogen (secondary N) is 1. The molecule has 5 nitrogen and oxygen atoms in total. The van der Waals surface area contributed by atoms with E-state index in [-0.39, 0.29) is 5.95 Å². The smallest absolute Gasteiger partial charge is 0.222 e. The van der Waals surface area contributed by atoms with Crippen LogP contribution in [0.15, 0.2) is 24.3 Å². The van der Waals surface area contributed by atoms with E-state index in [0.717, 1.165) is 23.2 Å². The highest BCUT2D eigenvalue weighted by molar-refractivity contribution is 6.30. The summed E-state index contributed by atoms with van der Waals surface area (Å²) in [5.41, 5.74) is 14.1. The zero-order valence-electron chi connectivity index (χ0n) is 11.9. The van der Waals surface area contributed by atoms with Gasteiger partial charge in [0.15, 0.2) is 0 Å². The monoisotopic (exact) mass is 293 g/mol. The highest BCUT2D eigenvalue weighted by Gasteiger charge is 2.11. The predicted molar refractivity (Wildman–Crippen MR) is 85.7 cm³/mol. The van der Waals surface area contributed by atoms with Gasteiger partial charge in [-0.3, -0.25) is 0 Å². The summed E-state index contributed by atoms with van der Waals surface area (Å²) in [5.74, 6) is 0.605. The molecule has 2 rings (SSSR count). The number of anilines is 2. The first-order valence-electron chi connectivity index (χ1n) is 6.29. The van der Waals surface area contributed by atoms with Crippen molar-refractivity contribution in [1.29, 1.82) is 0 Å². The third kappa shape index (κ3) is 4.08. The van der Waals surface area contributed by atoms with E-state index in [9.17, 15) is 0 Å². The highest BCUT2D eigenvalue weighted by atomic mass is 35.5. The standard InChI is InChI=1S/C12H13ClN4.C2H7N/c1-2-9-10(11(14)17-12(15)16-9)7-3-5-8(13)6-4-7;1-3-2/h3-6H,2H2,1H3,(H4,14,15,16,17);3H,1-2H3. The molecule has 0 bridgehead atoms. The van der Waals surface area contributed by atoms with Crippen LogP contribution in [0.5, 0.6) is 0 Å². The normalized spacial score (nSPS) is 9.80. The summed E-state index contributed by atoms with van der Waals surface area (Å²) in [5, 5.41) is 3.43. The van der Waals surface area contributed by atoms with E-state index in [1.165, 1.54) is 0 Å². The van der Waals surface area contributed by atoms with Crippen LogP contribution >= 0.6 is 11.6 Å². The first-order chi connectivity index (χ1) is 9.53. The van der Waals surface area contributed by atoms with Crippen molar-refractivity contribution in [2.45, 2.75) is 13.3 Å². The SMILES string of the molecule is CCc1nc(N)nc(N)c1-c1ccc(Cl)cc1.CNC. The first kappa shape index (κ1) is 16.2. The maximum absolute atomic E-state index is 5.90. The van der Waals surface area contributed by atoms with E-state index >= 15 is 0 Å². The lowest BCUT2D eigenvalue weighted by Crippen LogP contribution is -2.06. The second-order valence-electron chi connectivity index (χ2n) is 4.15. The number of hydrogen-bond acceptors (Lipinski definition) is 5. The van der Waals surface area contributed by atoms with Crippen molar-refractivity contribution in [2.75, 3.05) is 25.6 Å². The summed E-state index contributed by atoms with van der Waals surface area (Å²) in [4.78, 5) is 8.20. The number of nitrogens with two attached hydrogens (primary N) is 2. The molecule has 0 aliphatic carbocycles. The summed E-state index contributed by atoms with van der Waals surface area (Å²) in [6, 6.07) is 7.41. The molecule has 1 aromatic heterocycles. The van der Waals surface area contributed by atoms with E-state index in [1.807, 2.05) is 45.3 Å². The molecule has 0 radical (unpaired) electrons. The Hall–Kier alpha value is -1.85. The lowest BCUT2D eigenvalue weighted by molar-refractivity contribution is 1.02. The molecule has 0 unspecified atom stereocenters. The van der Waals surface area contributed by atoms with Gasteiger partial charge < -0.3 is 16.8 Å². The van der Waals surface area contributed by atoms with Crippen LogP contribution in [-0.4, -0.2) is 24.1 Å². The molecule has 0 saturated carbocycles. The van der Waals surface area contributed by atoms with Crippen LogP contribution in [0.1, 0.15) is 12.6 Å². The fourth-order valence-electron chi connectivity index (χ4n) is 1.73. The van der Waals surface area contributed by atoms with Gasteiger partial charge >= 0.3 is 0 Å². The van der Waals surface area contributed by atoms with Gasteiger partial charge in [0.25, 0.3) is 0 Å². The molecule has 0 amide bonds. The second kappa shape index (κ2) is 7.67. The van der Waals surface area contributed by atoms with Crippen LogP contribution in [0, 0.1) is 0 Å². The fourth-order valence-corrected chi connectivity index (χ4v) is 1.86. The molecule has 0 saturated heterocycles. The second-order valence-corrected chi connectivity index (χ2v) is 4.59. The number of aryl methyl sites for hydroxylation is 1. The Morgan fingerprint density at radius 3 is 2.15 bits per heavy atom. The molecular formula is C14H20ClN5. The number of halogens is 1. The molecular weight excluding hydrogens is 274 g/mol. The Morgan fingerprint density at radius 2 is 1.65 bits per heavy atom. The van der Waals surface area contributed by atoms with Gasteiger partial charge in [-0.15, -0.1) is 0 Å². The Kier molecular flexibility index (Phi) is 6.21. The fraction of sp³-hybridized carbons (Fsp3) is 0.286. The van der Waals surface area contributed by atoms with Gasteiger partial charge in [0.05, 0.1) is 5.69 Å². The van der Waals surface area contributed by atoms with Crippen LogP contribution in [0.4, 0.5) is 11.8 Å². The van der Waals surface area contributed by atoms with Crippen molar-refractivity contribution in [3.63, 3.8) is 0 Å². The van der Waals surface area contributed by atoms with Crippen molar-refractivity contribution in [2.24, 2.45) is 0 Å². The van der Waals surface area contributed by atoms with Gasteiger partial charge in [-0.05, 0) is 38.2 Å². The highest BCUT2D eigenvalue weighted by Crippen LogP contribution is 2.29. The van der Waals surface area contributed by atoms with Gasteiger partial charge in [0, 0.05) is 10.6 Å².